The number of amides is 2. The molecule has 0 bridgehead atoms. The highest BCUT2D eigenvalue weighted by molar-refractivity contribution is 6.20. The van der Waals surface area contributed by atoms with Crippen molar-refractivity contribution in [3.05, 3.63) is 0 Å². The van der Waals surface area contributed by atoms with Gasteiger partial charge >= 0.3 is 0 Å². The van der Waals surface area contributed by atoms with Gasteiger partial charge in [-0.1, -0.05) is 13.8 Å². The number of aliphatic hydroxyl groups excluding tert-OH is 2. The van der Waals surface area contributed by atoms with E-state index in [-0.39, 0.29) is 66.2 Å². The van der Waals surface area contributed by atoms with E-state index in [4.69, 9.17) is 11.6 Å². The SMILES string of the molecule is CC1CC(C)C(CNC(=O)C2CC(Cl)CC(N(CCO)CCO)C2C)C(=O)N1. The van der Waals surface area contributed by atoms with Crippen molar-refractivity contribution in [2.45, 2.75) is 57.5 Å². The van der Waals surface area contributed by atoms with Crippen LogP contribution in [0.5, 0.6) is 0 Å². The van der Waals surface area contributed by atoms with Crippen LogP contribution < -0.4 is 10.6 Å². The van der Waals surface area contributed by atoms with Crippen molar-refractivity contribution in [1.29, 1.82) is 0 Å². The number of nitrogens with zero attached hydrogens (tertiary/aromatic N) is 1. The first-order chi connectivity index (χ1) is 13.3. The maximum absolute atomic E-state index is 12.9. The third-order valence-corrected chi connectivity index (χ3v) is 6.82. The van der Waals surface area contributed by atoms with Crippen LogP contribution in [0.3, 0.4) is 0 Å². The Hall–Kier alpha value is -0.890. The van der Waals surface area contributed by atoms with Crippen LogP contribution in [0.25, 0.3) is 0 Å². The fourth-order valence-corrected chi connectivity index (χ4v) is 5.26. The molecule has 162 valence electrons. The van der Waals surface area contributed by atoms with Gasteiger partial charge in [-0.15, -0.1) is 11.6 Å². The van der Waals surface area contributed by atoms with Crippen LogP contribution >= 0.6 is 11.6 Å². The molecule has 4 N–H and O–H groups in total. The molecule has 1 heterocycles. The topological polar surface area (TPSA) is 102 Å². The number of rotatable bonds is 8. The summed E-state index contributed by atoms with van der Waals surface area (Å²) in [7, 11) is 0. The number of nitrogens with one attached hydrogen (secondary N) is 2. The number of piperidine rings is 1. The number of hydrogen-bond acceptors (Lipinski definition) is 5. The fourth-order valence-electron chi connectivity index (χ4n) is 4.88. The molecule has 1 aliphatic carbocycles. The molecule has 7 atom stereocenters. The number of halogens is 1. The minimum atomic E-state index is -0.248. The smallest absolute Gasteiger partial charge is 0.225 e. The molecule has 1 aliphatic heterocycles. The molecule has 28 heavy (non-hydrogen) atoms. The van der Waals surface area contributed by atoms with Crippen molar-refractivity contribution in [2.24, 2.45) is 23.7 Å². The first kappa shape index (κ1) is 23.4. The van der Waals surface area contributed by atoms with Gasteiger partial charge in [-0.2, -0.15) is 0 Å². The zero-order valence-corrected chi connectivity index (χ0v) is 18.0. The Morgan fingerprint density at radius 2 is 1.82 bits per heavy atom. The molecule has 0 aromatic heterocycles. The Bertz CT molecular complexity index is 530. The highest BCUT2D eigenvalue weighted by Gasteiger charge is 2.41. The van der Waals surface area contributed by atoms with Gasteiger partial charge in [-0.25, -0.2) is 0 Å². The predicted octanol–water partition coefficient (Wildman–Crippen LogP) is 0.572. The number of aliphatic hydroxyl groups is 2. The molecule has 2 aliphatic rings. The molecular formula is C20H36ClN3O4. The summed E-state index contributed by atoms with van der Waals surface area (Å²) < 4.78 is 0. The third-order valence-electron chi connectivity index (χ3n) is 6.46. The predicted molar refractivity (Wildman–Crippen MR) is 109 cm³/mol. The zero-order chi connectivity index (χ0) is 20.8. The number of alkyl halides is 1. The highest BCUT2D eigenvalue weighted by atomic mass is 35.5. The average molecular weight is 418 g/mol. The van der Waals surface area contributed by atoms with Crippen LogP contribution in [0.2, 0.25) is 0 Å². The van der Waals surface area contributed by atoms with E-state index in [0.29, 0.717) is 26.1 Å². The van der Waals surface area contributed by atoms with E-state index in [1.165, 1.54) is 0 Å². The lowest BCUT2D eigenvalue weighted by molar-refractivity contribution is -0.132. The van der Waals surface area contributed by atoms with E-state index in [9.17, 15) is 19.8 Å². The molecule has 7 unspecified atom stereocenters. The van der Waals surface area contributed by atoms with Crippen LogP contribution in [-0.4, -0.2) is 77.2 Å². The first-order valence-electron chi connectivity index (χ1n) is 10.5. The zero-order valence-electron chi connectivity index (χ0n) is 17.2. The van der Waals surface area contributed by atoms with Gasteiger partial charge in [0.15, 0.2) is 0 Å². The minimum Gasteiger partial charge on any atom is -0.395 e. The Morgan fingerprint density at radius 1 is 1.18 bits per heavy atom. The van der Waals surface area contributed by atoms with Crippen molar-refractivity contribution in [1.82, 2.24) is 15.5 Å². The van der Waals surface area contributed by atoms with Crippen molar-refractivity contribution in [2.75, 3.05) is 32.8 Å². The van der Waals surface area contributed by atoms with E-state index < -0.39 is 0 Å². The summed E-state index contributed by atoms with van der Waals surface area (Å²) in [5, 5.41) is 24.5. The Morgan fingerprint density at radius 3 is 2.39 bits per heavy atom. The number of hydrogen-bond donors (Lipinski definition) is 4. The van der Waals surface area contributed by atoms with Gasteiger partial charge in [0, 0.05) is 43.0 Å². The van der Waals surface area contributed by atoms with E-state index in [1.807, 2.05) is 18.7 Å². The minimum absolute atomic E-state index is 0.000137. The van der Waals surface area contributed by atoms with Gasteiger partial charge in [0.25, 0.3) is 0 Å². The van der Waals surface area contributed by atoms with Gasteiger partial charge in [0.05, 0.1) is 19.1 Å². The number of carbonyl (C=O) groups is 2. The second-order valence-corrected chi connectivity index (χ2v) is 9.18. The molecule has 0 aromatic carbocycles. The monoisotopic (exact) mass is 417 g/mol. The van der Waals surface area contributed by atoms with Crippen LogP contribution in [0.4, 0.5) is 0 Å². The molecule has 0 spiro atoms. The molecular weight excluding hydrogens is 382 g/mol. The van der Waals surface area contributed by atoms with Gasteiger partial charge in [-0.3, -0.25) is 14.5 Å². The van der Waals surface area contributed by atoms with Crippen molar-refractivity contribution < 1.29 is 19.8 Å². The molecule has 0 aromatic rings. The molecule has 2 amide bonds. The standard InChI is InChI=1S/C20H36ClN3O4/c1-12-8-13(2)23-20(28)17(12)11-22-19(27)16-9-15(21)10-18(14(16)3)24(4-6-25)5-7-26/h12-18,25-26H,4-11H2,1-3H3,(H,22,27)(H,23,28). The fraction of sp³-hybridized carbons (Fsp3) is 0.900. The highest BCUT2D eigenvalue weighted by Crippen LogP contribution is 2.36. The third kappa shape index (κ3) is 5.81. The van der Waals surface area contributed by atoms with E-state index in [2.05, 4.69) is 17.6 Å². The quantitative estimate of drug-likeness (QED) is 0.432. The maximum Gasteiger partial charge on any atom is 0.225 e. The summed E-state index contributed by atoms with van der Waals surface area (Å²) in [5.74, 6) is -0.233. The van der Waals surface area contributed by atoms with E-state index in [0.717, 1.165) is 12.8 Å². The summed E-state index contributed by atoms with van der Waals surface area (Å²) in [6, 6.07) is 0.207. The van der Waals surface area contributed by atoms with Crippen LogP contribution in [0, 0.1) is 23.7 Å². The molecule has 8 heteroatoms. The van der Waals surface area contributed by atoms with Crippen molar-refractivity contribution >= 4 is 23.4 Å². The molecule has 0 radical (unpaired) electrons. The lowest BCUT2D eigenvalue weighted by Gasteiger charge is -2.43. The summed E-state index contributed by atoms with van der Waals surface area (Å²) in [4.78, 5) is 27.2. The second kappa shape index (κ2) is 10.8. The van der Waals surface area contributed by atoms with Crippen LogP contribution in [0.1, 0.15) is 40.0 Å². The first-order valence-corrected chi connectivity index (χ1v) is 10.9. The Labute approximate surface area is 173 Å². The summed E-state index contributed by atoms with van der Waals surface area (Å²) in [6.07, 6.45) is 2.24. The van der Waals surface area contributed by atoms with Gasteiger partial charge in [0.1, 0.15) is 0 Å². The van der Waals surface area contributed by atoms with E-state index >= 15 is 0 Å². The Kier molecular flexibility index (Phi) is 8.99. The van der Waals surface area contributed by atoms with E-state index in [1.54, 1.807) is 0 Å². The van der Waals surface area contributed by atoms with Gasteiger partial charge in [-0.05, 0) is 38.0 Å². The summed E-state index contributed by atoms with van der Waals surface area (Å²) in [5.41, 5.74) is 0. The van der Waals surface area contributed by atoms with Crippen LogP contribution in [-0.2, 0) is 9.59 Å². The largest absolute Gasteiger partial charge is 0.395 e. The second-order valence-electron chi connectivity index (χ2n) is 8.56. The summed E-state index contributed by atoms with van der Waals surface area (Å²) in [6.45, 7) is 7.34. The number of carbonyl (C=O) groups excluding carboxylic acids is 2. The lowest BCUT2D eigenvalue weighted by atomic mass is 9.75. The molecule has 2 fully saturated rings. The van der Waals surface area contributed by atoms with Crippen molar-refractivity contribution in [3.63, 3.8) is 0 Å². The van der Waals surface area contributed by atoms with Crippen LogP contribution in [0.15, 0.2) is 0 Å². The average Bonchev–Trinajstić information content (AvgIpc) is 2.62. The van der Waals surface area contributed by atoms with Crippen molar-refractivity contribution in [3.8, 4) is 0 Å². The maximum atomic E-state index is 12.9. The lowest BCUT2D eigenvalue weighted by Crippen LogP contribution is -2.54. The molecule has 1 saturated heterocycles. The summed E-state index contributed by atoms with van der Waals surface area (Å²) >= 11 is 6.48. The van der Waals surface area contributed by atoms with Gasteiger partial charge in [0.2, 0.25) is 11.8 Å². The molecule has 2 rings (SSSR count). The molecule has 7 nitrogen and oxygen atoms in total. The molecule has 1 saturated carbocycles. The Balaban J connectivity index is 2.00. The van der Waals surface area contributed by atoms with Gasteiger partial charge < -0.3 is 20.8 Å². The normalized spacial score (nSPS) is 36.2.